The van der Waals surface area contributed by atoms with Crippen LogP contribution in [-0.2, 0) is 21.4 Å². The Balaban J connectivity index is 1.31. The molecule has 0 saturated heterocycles. The fourth-order valence-corrected chi connectivity index (χ4v) is 5.88. The Kier molecular flexibility index (Phi) is 5.58. The lowest BCUT2D eigenvalue weighted by Gasteiger charge is -2.34. The van der Waals surface area contributed by atoms with Gasteiger partial charge in [-0.3, -0.25) is 9.59 Å². The molecule has 10 nitrogen and oxygen atoms in total. The first-order chi connectivity index (χ1) is 17.4. The molecule has 1 atom stereocenters. The van der Waals surface area contributed by atoms with Gasteiger partial charge in [0.25, 0.3) is 15.9 Å². The zero-order chi connectivity index (χ0) is 24.9. The topological polar surface area (TPSA) is 130 Å². The van der Waals surface area contributed by atoms with Crippen molar-refractivity contribution in [1.82, 2.24) is 10.4 Å². The van der Waals surface area contributed by atoms with E-state index in [1.54, 1.807) is 36.5 Å². The van der Waals surface area contributed by atoms with Crippen LogP contribution >= 0.6 is 11.3 Å². The maximum Gasteiger partial charge on any atom is 0.286 e. The van der Waals surface area contributed by atoms with Crippen molar-refractivity contribution in [2.75, 3.05) is 16.9 Å². The highest BCUT2D eigenvalue weighted by molar-refractivity contribution is 7.90. The van der Waals surface area contributed by atoms with Crippen molar-refractivity contribution in [1.29, 1.82) is 0 Å². The molecule has 0 bridgehead atoms. The smallest absolute Gasteiger partial charge is 0.286 e. The first-order valence-electron chi connectivity index (χ1n) is 11.4. The maximum absolute atomic E-state index is 13.5. The molecule has 3 aliphatic rings. The molecule has 1 fully saturated rings. The van der Waals surface area contributed by atoms with Crippen LogP contribution in [0.5, 0.6) is 5.75 Å². The summed E-state index contributed by atoms with van der Waals surface area (Å²) in [5.74, 6) is -1.91. The molecule has 2 aromatic carbocycles. The minimum atomic E-state index is -4.20. The summed E-state index contributed by atoms with van der Waals surface area (Å²) in [5.41, 5.74) is 4.12. The number of carbonyl (C=O) groups is 2. The second kappa shape index (κ2) is 8.80. The number of sulfonamides is 1. The number of hydrogen-bond donors (Lipinski definition) is 2. The Bertz CT molecular complexity index is 1500. The summed E-state index contributed by atoms with van der Waals surface area (Å²) in [6, 6.07) is 11.3. The molecule has 1 unspecified atom stereocenters. The molecule has 0 radical (unpaired) electrons. The normalized spacial score (nSPS) is 20.3. The van der Waals surface area contributed by atoms with Gasteiger partial charge in [0.2, 0.25) is 0 Å². The van der Waals surface area contributed by atoms with E-state index in [4.69, 9.17) is 4.74 Å². The van der Waals surface area contributed by atoms with Crippen molar-refractivity contribution in [2.45, 2.75) is 24.3 Å². The highest BCUT2D eigenvalue weighted by Crippen LogP contribution is 2.36. The number of para-hydroxylation sites is 1. The van der Waals surface area contributed by atoms with E-state index < -0.39 is 27.6 Å². The third-order valence-electron chi connectivity index (χ3n) is 6.21. The molecule has 3 heterocycles. The quantitative estimate of drug-likeness (QED) is 0.452. The molecule has 1 saturated carbocycles. The fourth-order valence-electron chi connectivity index (χ4n) is 4.18. The van der Waals surface area contributed by atoms with Crippen LogP contribution in [0.15, 0.2) is 63.3 Å². The summed E-state index contributed by atoms with van der Waals surface area (Å²) in [7, 11) is -4.20. The first kappa shape index (κ1) is 22.8. The summed E-state index contributed by atoms with van der Waals surface area (Å²) in [4.78, 5) is 30.9. The number of anilines is 2. The van der Waals surface area contributed by atoms with Gasteiger partial charge in [0, 0.05) is 29.8 Å². The summed E-state index contributed by atoms with van der Waals surface area (Å²) in [6.45, 7) is 0.790. The van der Waals surface area contributed by atoms with E-state index in [2.05, 4.69) is 20.1 Å². The number of fused-ring (bicyclic) bond motifs is 2. The molecule has 2 N–H and O–H groups in total. The van der Waals surface area contributed by atoms with Crippen LogP contribution in [0.4, 0.5) is 11.4 Å². The second-order valence-electron chi connectivity index (χ2n) is 8.74. The van der Waals surface area contributed by atoms with Crippen molar-refractivity contribution in [3.05, 3.63) is 64.6 Å². The van der Waals surface area contributed by atoms with E-state index in [9.17, 15) is 18.0 Å². The Labute approximate surface area is 211 Å². The van der Waals surface area contributed by atoms with Crippen LogP contribution in [0.1, 0.15) is 28.2 Å². The fraction of sp³-hybridized carbons (Fsp3) is 0.250. The summed E-state index contributed by atoms with van der Waals surface area (Å²) in [6.07, 6.45) is 3.82. The van der Waals surface area contributed by atoms with E-state index in [0.717, 1.165) is 17.8 Å². The number of hydrazine groups is 1. The Morgan fingerprint density at radius 3 is 2.78 bits per heavy atom. The molecule has 184 valence electrons. The number of ketones is 1. The van der Waals surface area contributed by atoms with Gasteiger partial charge in [0.15, 0.2) is 11.7 Å². The molecule has 1 amide bonds. The number of hydrogen-bond acceptors (Lipinski definition) is 9. The predicted molar refractivity (Wildman–Crippen MR) is 134 cm³/mol. The maximum atomic E-state index is 13.5. The molecule has 3 aromatic rings. The number of thiazole rings is 1. The largest absolute Gasteiger partial charge is 0.486 e. The highest BCUT2D eigenvalue weighted by Gasteiger charge is 2.45. The van der Waals surface area contributed by atoms with Crippen molar-refractivity contribution >= 4 is 50.3 Å². The van der Waals surface area contributed by atoms with Crippen LogP contribution in [0.3, 0.4) is 0 Å². The first-order valence-corrected chi connectivity index (χ1v) is 13.7. The standard InChI is InChI=1S/C24H21N5O5S2/c30-22-16-3-1-2-4-18(16)29(26-12-14-5-6-14)24(31)21(22)23-27-17-8-7-15(11-19(17)36(32,33)28-23)34-13-20-25-9-10-35-20/h1-4,7-11,14,21,26H,5-6,12-13H2,(H,27,28). The van der Waals surface area contributed by atoms with Gasteiger partial charge in [-0.25, -0.2) is 15.4 Å². The summed E-state index contributed by atoms with van der Waals surface area (Å²) < 4.78 is 35.8. The molecular formula is C24H21N5O5S2. The number of carbonyl (C=O) groups excluding carboxylic acids is 2. The van der Waals surface area contributed by atoms with Crippen LogP contribution in [0.2, 0.25) is 0 Å². The number of nitrogens with one attached hydrogen (secondary N) is 2. The van der Waals surface area contributed by atoms with Crippen molar-refractivity contribution in [3.63, 3.8) is 0 Å². The van der Waals surface area contributed by atoms with Gasteiger partial charge in [-0.05, 0) is 43.0 Å². The molecule has 36 heavy (non-hydrogen) atoms. The molecular weight excluding hydrogens is 502 g/mol. The zero-order valence-electron chi connectivity index (χ0n) is 18.9. The van der Waals surface area contributed by atoms with Gasteiger partial charge in [-0.1, -0.05) is 12.1 Å². The molecule has 0 spiro atoms. The van der Waals surface area contributed by atoms with Crippen molar-refractivity contribution in [2.24, 2.45) is 16.2 Å². The van der Waals surface area contributed by atoms with Gasteiger partial charge in [-0.15, -0.1) is 15.7 Å². The molecule has 2 aliphatic heterocycles. The monoisotopic (exact) mass is 523 g/mol. The lowest BCUT2D eigenvalue weighted by molar-refractivity contribution is -0.120. The average molecular weight is 524 g/mol. The molecule has 12 heteroatoms. The number of rotatable bonds is 7. The summed E-state index contributed by atoms with van der Waals surface area (Å²) >= 11 is 1.43. The SMILES string of the molecule is O=C1c2ccccc2N(NCC2CC2)C(=O)C1C1=NS(=O)(=O)c2cc(OCc3nccs3)ccc2N1. The third-order valence-corrected chi connectivity index (χ3v) is 8.29. The van der Waals surface area contributed by atoms with Gasteiger partial charge >= 0.3 is 0 Å². The third kappa shape index (κ3) is 4.16. The number of aromatic nitrogens is 1. The van der Waals surface area contributed by atoms with E-state index in [0.29, 0.717) is 29.5 Å². The number of Topliss-reactive ketones (excluding diaryl/α,β-unsaturated/α-hetero) is 1. The minimum Gasteiger partial charge on any atom is -0.486 e. The zero-order valence-corrected chi connectivity index (χ0v) is 20.5. The average Bonchev–Trinajstić information content (AvgIpc) is 3.54. The Hall–Kier alpha value is -3.61. The highest BCUT2D eigenvalue weighted by atomic mass is 32.2. The van der Waals surface area contributed by atoms with Crippen LogP contribution in [0, 0.1) is 11.8 Å². The van der Waals surface area contributed by atoms with Gasteiger partial charge in [0.1, 0.15) is 28.1 Å². The second-order valence-corrected chi connectivity index (χ2v) is 11.3. The predicted octanol–water partition coefficient (Wildman–Crippen LogP) is 3.00. The molecule has 1 aromatic heterocycles. The van der Waals surface area contributed by atoms with E-state index in [1.165, 1.54) is 28.5 Å². The van der Waals surface area contributed by atoms with Gasteiger partial charge < -0.3 is 10.1 Å². The lowest BCUT2D eigenvalue weighted by Crippen LogP contribution is -2.55. The summed E-state index contributed by atoms with van der Waals surface area (Å²) in [5, 5.41) is 6.84. The van der Waals surface area contributed by atoms with Crippen LogP contribution < -0.4 is 20.5 Å². The van der Waals surface area contributed by atoms with Gasteiger partial charge in [0.05, 0.1) is 11.4 Å². The van der Waals surface area contributed by atoms with Gasteiger partial charge in [-0.2, -0.15) is 8.42 Å². The van der Waals surface area contributed by atoms with Crippen LogP contribution in [0.25, 0.3) is 0 Å². The molecule has 6 rings (SSSR count). The number of benzene rings is 2. The number of nitrogens with zero attached hydrogens (tertiary/aromatic N) is 3. The van der Waals surface area contributed by atoms with Crippen molar-refractivity contribution < 1.29 is 22.7 Å². The van der Waals surface area contributed by atoms with E-state index >= 15 is 0 Å². The Morgan fingerprint density at radius 1 is 1.17 bits per heavy atom. The number of amidine groups is 1. The lowest BCUT2D eigenvalue weighted by atomic mass is 9.90. The Morgan fingerprint density at radius 2 is 2.00 bits per heavy atom. The van der Waals surface area contributed by atoms with E-state index in [1.807, 2.05) is 5.38 Å². The minimum absolute atomic E-state index is 0.0947. The van der Waals surface area contributed by atoms with Crippen LogP contribution in [-0.4, -0.2) is 37.5 Å². The van der Waals surface area contributed by atoms with Crippen molar-refractivity contribution in [3.8, 4) is 5.75 Å². The molecule has 1 aliphatic carbocycles. The van der Waals surface area contributed by atoms with E-state index in [-0.39, 0.29) is 23.0 Å². The number of amides is 1. The number of ether oxygens (including phenoxy) is 1.